The summed E-state index contributed by atoms with van der Waals surface area (Å²) in [6.07, 6.45) is 1.11. The molecule has 0 spiro atoms. The van der Waals surface area contributed by atoms with E-state index in [1.165, 1.54) is 9.75 Å². The van der Waals surface area contributed by atoms with Crippen LogP contribution in [0.4, 0.5) is 0 Å². The van der Waals surface area contributed by atoms with Crippen molar-refractivity contribution in [3.8, 4) is 0 Å². The van der Waals surface area contributed by atoms with Gasteiger partial charge in [-0.05, 0) is 44.6 Å². The monoisotopic (exact) mass is 350 g/mol. The van der Waals surface area contributed by atoms with E-state index in [1.807, 2.05) is 11.3 Å². The van der Waals surface area contributed by atoms with Gasteiger partial charge in [-0.3, -0.25) is 0 Å². The third-order valence-electron chi connectivity index (χ3n) is 3.54. The summed E-state index contributed by atoms with van der Waals surface area (Å²) in [5, 5.41) is 9.96. The van der Waals surface area contributed by atoms with Gasteiger partial charge in [-0.25, -0.2) is 9.98 Å². The van der Waals surface area contributed by atoms with E-state index in [0.29, 0.717) is 12.5 Å². The van der Waals surface area contributed by atoms with Crippen LogP contribution in [-0.4, -0.2) is 24.0 Å². The molecule has 2 N–H and O–H groups in total. The fraction of sp³-hybridized carbons (Fsp3) is 0.529. The second-order valence-corrected chi connectivity index (χ2v) is 8.03. The Kier molecular flexibility index (Phi) is 7.05. The first-order valence-electron chi connectivity index (χ1n) is 8.06. The molecule has 0 amide bonds. The van der Waals surface area contributed by atoms with Gasteiger partial charge in [-0.15, -0.1) is 22.7 Å². The Hall–Kier alpha value is -1.40. The number of aryl methyl sites for hydroxylation is 2. The van der Waals surface area contributed by atoms with Crippen molar-refractivity contribution in [1.29, 1.82) is 0 Å². The maximum Gasteiger partial charge on any atom is 0.191 e. The summed E-state index contributed by atoms with van der Waals surface area (Å²) in [6, 6.07) is 4.32. The van der Waals surface area contributed by atoms with Gasteiger partial charge in [-0.1, -0.05) is 13.0 Å². The molecule has 0 radical (unpaired) electrons. The summed E-state index contributed by atoms with van der Waals surface area (Å²) in [4.78, 5) is 11.9. The van der Waals surface area contributed by atoms with E-state index < -0.39 is 0 Å². The number of hydrogen-bond donors (Lipinski definition) is 2. The Bertz CT molecular complexity index is 597. The molecule has 1 atom stereocenters. The maximum atomic E-state index is 4.65. The van der Waals surface area contributed by atoms with Crippen LogP contribution in [0.15, 0.2) is 22.5 Å². The molecule has 23 heavy (non-hydrogen) atoms. The Morgan fingerprint density at radius 2 is 2.17 bits per heavy atom. The van der Waals surface area contributed by atoms with Gasteiger partial charge < -0.3 is 10.6 Å². The average Bonchev–Trinajstić information content (AvgIpc) is 3.12. The maximum absolute atomic E-state index is 4.65. The van der Waals surface area contributed by atoms with Crippen molar-refractivity contribution in [3.05, 3.63) is 38.0 Å². The predicted octanol–water partition coefficient (Wildman–Crippen LogP) is 3.76. The molecule has 0 saturated carbocycles. The summed E-state index contributed by atoms with van der Waals surface area (Å²) >= 11 is 3.56. The van der Waals surface area contributed by atoms with Crippen LogP contribution in [0.2, 0.25) is 0 Å². The van der Waals surface area contributed by atoms with E-state index in [2.05, 4.69) is 65.8 Å². The van der Waals surface area contributed by atoms with Crippen molar-refractivity contribution in [2.45, 2.75) is 40.7 Å². The van der Waals surface area contributed by atoms with Gasteiger partial charge in [-0.2, -0.15) is 0 Å². The molecule has 2 rings (SSSR count). The lowest BCUT2D eigenvalue weighted by atomic mass is 10.1. The van der Waals surface area contributed by atoms with Gasteiger partial charge in [0, 0.05) is 22.8 Å². The van der Waals surface area contributed by atoms with Crippen molar-refractivity contribution in [2.75, 3.05) is 13.1 Å². The van der Waals surface area contributed by atoms with Crippen LogP contribution in [0.1, 0.15) is 34.3 Å². The second kappa shape index (κ2) is 9.03. The first kappa shape index (κ1) is 17.9. The first-order chi connectivity index (χ1) is 11.1. The van der Waals surface area contributed by atoms with Crippen LogP contribution >= 0.6 is 22.7 Å². The molecule has 2 heterocycles. The molecule has 2 aromatic heterocycles. The lowest BCUT2D eigenvalue weighted by molar-refractivity contribution is 0.562. The number of hydrogen-bond acceptors (Lipinski definition) is 4. The lowest BCUT2D eigenvalue weighted by Gasteiger charge is -2.15. The molecule has 0 aliphatic heterocycles. The average molecular weight is 351 g/mol. The highest BCUT2D eigenvalue weighted by molar-refractivity contribution is 7.11. The molecule has 1 unspecified atom stereocenters. The van der Waals surface area contributed by atoms with Crippen LogP contribution in [0.5, 0.6) is 0 Å². The third-order valence-corrected chi connectivity index (χ3v) is 5.49. The van der Waals surface area contributed by atoms with Gasteiger partial charge >= 0.3 is 0 Å². The number of rotatable bonds is 7. The molecule has 0 aliphatic carbocycles. The van der Waals surface area contributed by atoms with Crippen LogP contribution in [0, 0.1) is 19.8 Å². The van der Waals surface area contributed by atoms with E-state index in [1.54, 1.807) is 11.3 Å². The summed E-state index contributed by atoms with van der Waals surface area (Å²) < 4.78 is 0. The number of guanidine groups is 1. The van der Waals surface area contributed by atoms with E-state index in [-0.39, 0.29) is 0 Å². The number of thiazole rings is 1. The minimum absolute atomic E-state index is 0.571. The molecular weight excluding hydrogens is 324 g/mol. The summed E-state index contributed by atoms with van der Waals surface area (Å²) in [7, 11) is 0. The number of nitrogens with one attached hydrogen (secondary N) is 2. The smallest absolute Gasteiger partial charge is 0.191 e. The van der Waals surface area contributed by atoms with Gasteiger partial charge in [0.15, 0.2) is 5.96 Å². The number of aromatic nitrogens is 1. The summed E-state index contributed by atoms with van der Waals surface area (Å²) in [6.45, 7) is 10.9. The molecule has 0 aromatic carbocycles. The van der Waals surface area contributed by atoms with E-state index in [9.17, 15) is 0 Å². The fourth-order valence-corrected chi connectivity index (χ4v) is 3.94. The van der Waals surface area contributed by atoms with Crippen molar-refractivity contribution < 1.29 is 0 Å². The van der Waals surface area contributed by atoms with Crippen LogP contribution < -0.4 is 10.6 Å². The van der Waals surface area contributed by atoms with Crippen molar-refractivity contribution in [3.63, 3.8) is 0 Å². The second-order valence-electron chi connectivity index (χ2n) is 5.71. The molecular formula is C17H26N4S2. The zero-order valence-corrected chi connectivity index (χ0v) is 16.0. The zero-order chi connectivity index (χ0) is 16.7. The Morgan fingerprint density at radius 1 is 1.35 bits per heavy atom. The van der Waals surface area contributed by atoms with Gasteiger partial charge in [0.2, 0.25) is 0 Å². The first-order valence-corrected chi connectivity index (χ1v) is 9.75. The molecule has 0 aliphatic rings. The number of aliphatic imine (C=N–C) groups is 1. The number of thiophene rings is 1. The highest BCUT2D eigenvalue weighted by Crippen LogP contribution is 2.17. The molecule has 0 saturated heterocycles. The summed E-state index contributed by atoms with van der Waals surface area (Å²) in [5.41, 5.74) is 1.11. The van der Waals surface area contributed by atoms with E-state index >= 15 is 0 Å². The van der Waals surface area contributed by atoms with Crippen LogP contribution in [-0.2, 0) is 13.0 Å². The molecule has 2 aromatic rings. The molecule has 126 valence electrons. The van der Waals surface area contributed by atoms with Gasteiger partial charge in [0.25, 0.3) is 0 Å². The molecule has 6 heteroatoms. The predicted molar refractivity (Wildman–Crippen MR) is 102 cm³/mol. The van der Waals surface area contributed by atoms with Gasteiger partial charge in [0.1, 0.15) is 5.01 Å². The van der Waals surface area contributed by atoms with Crippen molar-refractivity contribution >= 4 is 28.6 Å². The minimum Gasteiger partial charge on any atom is -0.357 e. The van der Waals surface area contributed by atoms with Crippen LogP contribution in [0.25, 0.3) is 0 Å². The standard InChI is InChI=1S/C17H26N4S2/c1-5-18-17(20-11-16-21-13(3)14(4)23-16)19-10-12(2)9-15-7-6-8-22-15/h6-8,12H,5,9-11H2,1-4H3,(H2,18,19,20). The minimum atomic E-state index is 0.571. The Morgan fingerprint density at radius 3 is 2.78 bits per heavy atom. The van der Waals surface area contributed by atoms with E-state index in [0.717, 1.165) is 36.2 Å². The quantitative estimate of drug-likeness (QED) is 0.590. The summed E-state index contributed by atoms with van der Waals surface area (Å²) in [5.74, 6) is 1.44. The van der Waals surface area contributed by atoms with Crippen molar-refractivity contribution in [2.24, 2.45) is 10.9 Å². The molecule has 4 nitrogen and oxygen atoms in total. The van der Waals surface area contributed by atoms with Crippen LogP contribution in [0.3, 0.4) is 0 Å². The molecule has 0 fully saturated rings. The third kappa shape index (κ3) is 5.95. The fourth-order valence-electron chi connectivity index (χ4n) is 2.21. The zero-order valence-electron chi connectivity index (χ0n) is 14.3. The Balaban J connectivity index is 1.85. The van der Waals surface area contributed by atoms with Crippen molar-refractivity contribution in [1.82, 2.24) is 15.6 Å². The topological polar surface area (TPSA) is 49.3 Å². The van der Waals surface area contributed by atoms with E-state index in [4.69, 9.17) is 0 Å². The molecule has 0 bridgehead atoms. The number of nitrogens with zero attached hydrogens (tertiary/aromatic N) is 2. The largest absolute Gasteiger partial charge is 0.357 e. The SMILES string of the molecule is CCNC(=NCc1nc(C)c(C)s1)NCC(C)Cc1cccs1. The lowest BCUT2D eigenvalue weighted by Crippen LogP contribution is -2.39. The highest BCUT2D eigenvalue weighted by atomic mass is 32.1. The van der Waals surface area contributed by atoms with Gasteiger partial charge in [0.05, 0.1) is 12.2 Å². The Labute approximate surface area is 147 Å². The normalized spacial score (nSPS) is 13.1. The highest BCUT2D eigenvalue weighted by Gasteiger charge is 2.07.